The Morgan fingerprint density at radius 3 is 2.42 bits per heavy atom. The lowest BCUT2D eigenvalue weighted by Gasteiger charge is -2.28. The third-order valence-corrected chi connectivity index (χ3v) is 7.57. The maximum atomic E-state index is 13.3. The second-order valence-corrected chi connectivity index (χ2v) is 10.1. The van der Waals surface area contributed by atoms with E-state index < -0.39 is 5.97 Å². The molecule has 0 aromatic carbocycles. The van der Waals surface area contributed by atoms with Crippen LogP contribution in [0.5, 0.6) is 0 Å². The van der Waals surface area contributed by atoms with E-state index in [0.29, 0.717) is 22.9 Å². The number of amides is 1. The van der Waals surface area contributed by atoms with E-state index in [0.717, 1.165) is 50.2 Å². The summed E-state index contributed by atoms with van der Waals surface area (Å²) in [6, 6.07) is 2.18. The van der Waals surface area contributed by atoms with Gasteiger partial charge in [-0.1, -0.05) is 38.5 Å². The number of hydrogen-bond donors (Lipinski definition) is 3. The van der Waals surface area contributed by atoms with Crippen LogP contribution in [0.3, 0.4) is 0 Å². The molecule has 0 unspecified atom stereocenters. The number of nitrogens with zero attached hydrogens (tertiary/aromatic N) is 2. The van der Waals surface area contributed by atoms with Gasteiger partial charge in [0.15, 0.2) is 0 Å². The van der Waals surface area contributed by atoms with E-state index in [9.17, 15) is 9.59 Å². The molecule has 0 radical (unpaired) electrons. The first-order valence-electron chi connectivity index (χ1n) is 12.0. The van der Waals surface area contributed by atoms with Crippen LogP contribution in [-0.2, 0) is 4.79 Å². The molecule has 1 aromatic heterocycles. The fourth-order valence-corrected chi connectivity index (χ4v) is 5.88. The Hall–Kier alpha value is -1.76. The minimum Gasteiger partial charge on any atom is -0.481 e. The second-order valence-electron chi connectivity index (χ2n) is 9.61. The van der Waals surface area contributed by atoms with E-state index >= 15 is 0 Å². The van der Waals surface area contributed by atoms with Gasteiger partial charge in [0.2, 0.25) is 0 Å². The van der Waals surface area contributed by atoms with Crippen LogP contribution in [0.4, 0.5) is 5.82 Å². The Morgan fingerprint density at radius 2 is 1.74 bits per heavy atom. The van der Waals surface area contributed by atoms with Crippen LogP contribution in [0.15, 0.2) is 11.0 Å². The summed E-state index contributed by atoms with van der Waals surface area (Å²) >= 11 is 4.71. The van der Waals surface area contributed by atoms with Gasteiger partial charge in [0.1, 0.15) is 5.82 Å². The zero-order chi connectivity index (χ0) is 21.8. The summed E-state index contributed by atoms with van der Waals surface area (Å²) in [5.41, 5.74) is 1.61. The Morgan fingerprint density at radius 1 is 1.06 bits per heavy atom. The van der Waals surface area contributed by atoms with Crippen molar-refractivity contribution >= 4 is 30.3 Å². The summed E-state index contributed by atoms with van der Waals surface area (Å²) in [5.74, 6) is 0.506. The molecule has 1 amide bonds. The lowest BCUT2D eigenvalue weighted by atomic mass is 9.84. The van der Waals surface area contributed by atoms with Crippen molar-refractivity contribution in [2.24, 2.45) is 5.92 Å². The fraction of sp³-hybridized carbons (Fsp3) is 0.708. The molecular weight excluding hydrogens is 410 g/mol. The predicted octanol–water partition coefficient (Wildman–Crippen LogP) is 4.78. The highest BCUT2D eigenvalue weighted by molar-refractivity contribution is 7.80. The standard InChI is InChI=1S/C24H35N3O3S/c28-21(29)13-16-11-12-27(15-16)23-20(31)14-19(22(26-23)17-7-3-1-4-8-17)24(30)25-18-9-5-2-6-10-18/h14,16-18,31H,1-13,15H2,(H,25,30)(H,28,29)/t16-/m1/s1. The van der Waals surface area contributed by atoms with E-state index in [4.69, 9.17) is 22.7 Å². The van der Waals surface area contributed by atoms with Crippen molar-refractivity contribution in [1.29, 1.82) is 0 Å². The molecular formula is C24H35N3O3S. The molecule has 0 bridgehead atoms. The molecule has 1 aliphatic heterocycles. The minimum absolute atomic E-state index is 0.00741. The molecule has 0 spiro atoms. The lowest BCUT2D eigenvalue weighted by Crippen LogP contribution is -2.37. The van der Waals surface area contributed by atoms with Crippen molar-refractivity contribution < 1.29 is 14.7 Å². The highest BCUT2D eigenvalue weighted by Crippen LogP contribution is 2.38. The number of carboxylic acid groups (broad SMARTS) is 1. The number of carbonyl (C=O) groups is 2. The number of hydrogen-bond acceptors (Lipinski definition) is 5. The smallest absolute Gasteiger partial charge is 0.303 e. The van der Waals surface area contributed by atoms with Crippen LogP contribution >= 0.6 is 12.6 Å². The van der Waals surface area contributed by atoms with E-state index in [1.54, 1.807) is 0 Å². The van der Waals surface area contributed by atoms with Crippen LogP contribution in [0.2, 0.25) is 0 Å². The molecule has 3 aliphatic rings. The maximum Gasteiger partial charge on any atom is 0.303 e. The molecule has 6 nitrogen and oxygen atoms in total. The first kappa shape index (κ1) is 22.4. The summed E-state index contributed by atoms with van der Waals surface area (Å²) in [5, 5.41) is 12.4. The van der Waals surface area contributed by atoms with Gasteiger partial charge in [-0.15, -0.1) is 12.6 Å². The third kappa shape index (κ3) is 5.54. The number of carboxylic acids is 1. The molecule has 2 saturated carbocycles. The molecule has 2 heterocycles. The van der Waals surface area contributed by atoms with E-state index in [1.807, 2.05) is 6.07 Å². The quantitative estimate of drug-likeness (QED) is 0.549. The van der Waals surface area contributed by atoms with Crippen LogP contribution in [0.25, 0.3) is 0 Å². The average molecular weight is 446 g/mol. The number of aliphatic carboxylic acids is 1. The van der Waals surface area contributed by atoms with Gasteiger partial charge in [-0.2, -0.15) is 0 Å². The Balaban J connectivity index is 1.59. The van der Waals surface area contributed by atoms with Gasteiger partial charge in [-0.25, -0.2) is 4.98 Å². The molecule has 4 rings (SSSR count). The zero-order valence-corrected chi connectivity index (χ0v) is 19.2. The first-order chi connectivity index (χ1) is 15.0. The Labute approximate surface area is 190 Å². The topological polar surface area (TPSA) is 82.5 Å². The van der Waals surface area contributed by atoms with Gasteiger partial charge in [0.05, 0.1) is 11.3 Å². The van der Waals surface area contributed by atoms with Crippen LogP contribution in [0, 0.1) is 5.92 Å². The van der Waals surface area contributed by atoms with Gasteiger partial charge >= 0.3 is 5.97 Å². The van der Waals surface area contributed by atoms with Gasteiger partial charge in [-0.05, 0) is 44.1 Å². The highest BCUT2D eigenvalue weighted by atomic mass is 32.1. The summed E-state index contributed by atoms with van der Waals surface area (Å²) < 4.78 is 0. The van der Waals surface area contributed by atoms with Gasteiger partial charge < -0.3 is 15.3 Å². The summed E-state index contributed by atoms with van der Waals surface area (Å²) in [6.07, 6.45) is 12.5. The van der Waals surface area contributed by atoms with Crippen LogP contribution in [-0.4, -0.2) is 41.1 Å². The molecule has 1 aromatic rings. The number of rotatable bonds is 6. The van der Waals surface area contributed by atoms with Crippen molar-refractivity contribution in [2.75, 3.05) is 18.0 Å². The molecule has 31 heavy (non-hydrogen) atoms. The number of nitrogens with one attached hydrogen (secondary N) is 1. The zero-order valence-electron chi connectivity index (χ0n) is 18.3. The molecule has 2 N–H and O–H groups in total. The predicted molar refractivity (Wildman–Crippen MR) is 124 cm³/mol. The molecule has 7 heteroatoms. The Kier molecular flexibility index (Phi) is 7.41. The molecule has 1 saturated heterocycles. The van der Waals surface area contributed by atoms with Gasteiger partial charge in [0.25, 0.3) is 5.91 Å². The number of aromatic nitrogens is 1. The van der Waals surface area contributed by atoms with Crippen molar-refractivity contribution in [1.82, 2.24) is 10.3 Å². The van der Waals surface area contributed by atoms with E-state index in [2.05, 4.69) is 10.2 Å². The number of thiol groups is 1. The maximum absolute atomic E-state index is 13.3. The molecule has 170 valence electrons. The summed E-state index contributed by atoms with van der Waals surface area (Å²) in [6.45, 7) is 1.47. The van der Waals surface area contributed by atoms with Crippen molar-refractivity contribution in [3.63, 3.8) is 0 Å². The largest absolute Gasteiger partial charge is 0.481 e. The number of anilines is 1. The van der Waals surface area contributed by atoms with Crippen molar-refractivity contribution in [3.05, 3.63) is 17.3 Å². The van der Waals surface area contributed by atoms with Gasteiger partial charge in [-0.3, -0.25) is 9.59 Å². The van der Waals surface area contributed by atoms with Crippen LogP contribution < -0.4 is 10.2 Å². The van der Waals surface area contributed by atoms with Crippen LogP contribution in [0.1, 0.15) is 99.0 Å². The summed E-state index contributed by atoms with van der Waals surface area (Å²) in [7, 11) is 0. The first-order valence-corrected chi connectivity index (χ1v) is 12.5. The second kappa shape index (κ2) is 10.2. The average Bonchev–Trinajstić information content (AvgIpc) is 3.22. The van der Waals surface area contributed by atoms with Crippen molar-refractivity contribution in [2.45, 2.75) is 93.9 Å². The lowest BCUT2D eigenvalue weighted by molar-refractivity contribution is -0.137. The minimum atomic E-state index is -0.747. The van der Waals surface area contributed by atoms with E-state index in [1.165, 1.54) is 38.5 Å². The monoisotopic (exact) mass is 445 g/mol. The fourth-order valence-electron chi connectivity index (χ4n) is 5.56. The Bertz CT molecular complexity index is 804. The summed E-state index contributed by atoms with van der Waals surface area (Å²) in [4.78, 5) is 32.3. The third-order valence-electron chi connectivity index (χ3n) is 7.24. The number of pyridine rings is 1. The van der Waals surface area contributed by atoms with Crippen molar-refractivity contribution in [3.8, 4) is 0 Å². The van der Waals surface area contributed by atoms with E-state index in [-0.39, 0.29) is 24.3 Å². The molecule has 1 atom stereocenters. The normalized spacial score (nSPS) is 23.1. The SMILES string of the molecule is O=C(O)C[C@H]1CCN(c2nc(C3CCCCC3)c(C(=O)NC3CCCCC3)cc2S)C1. The highest BCUT2D eigenvalue weighted by Gasteiger charge is 2.30. The number of carbonyl (C=O) groups excluding carboxylic acids is 1. The molecule has 3 fully saturated rings. The molecule has 2 aliphatic carbocycles. The van der Waals surface area contributed by atoms with Gasteiger partial charge in [0, 0.05) is 36.4 Å².